The summed E-state index contributed by atoms with van der Waals surface area (Å²) in [4.78, 5) is 0. The second-order valence-corrected chi connectivity index (χ2v) is 4.28. The van der Waals surface area contributed by atoms with Gasteiger partial charge < -0.3 is 22.1 Å². The lowest BCUT2D eigenvalue weighted by molar-refractivity contribution is 0.433. The minimum absolute atomic E-state index is 0.587. The van der Waals surface area contributed by atoms with Crippen molar-refractivity contribution in [1.29, 1.82) is 0 Å². The maximum atomic E-state index is 5.49. The van der Waals surface area contributed by atoms with Crippen molar-refractivity contribution in [2.75, 3.05) is 32.7 Å². The van der Waals surface area contributed by atoms with Gasteiger partial charge in [0.15, 0.2) is 0 Å². The van der Waals surface area contributed by atoms with E-state index < -0.39 is 0 Å². The van der Waals surface area contributed by atoms with Gasteiger partial charge in [-0.1, -0.05) is 19.8 Å². The Morgan fingerprint density at radius 1 is 1.00 bits per heavy atom. The van der Waals surface area contributed by atoms with Gasteiger partial charge in [-0.25, -0.2) is 0 Å². The SMILES string of the molecule is CCCCC(CNCCCN)NCCCN. The topological polar surface area (TPSA) is 76.1 Å². The zero-order valence-corrected chi connectivity index (χ0v) is 10.8. The number of rotatable bonds is 12. The molecule has 0 fully saturated rings. The Kier molecular flexibility index (Phi) is 12.8. The maximum absolute atomic E-state index is 5.49. The van der Waals surface area contributed by atoms with Gasteiger partial charge in [-0.05, 0) is 45.4 Å². The molecule has 0 aromatic heterocycles. The molecule has 0 aromatic rings. The third-order valence-electron chi connectivity index (χ3n) is 2.67. The van der Waals surface area contributed by atoms with Crippen molar-refractivity contribution < 1.29 is 0 Å². The van der Waals surface area contributed by atoms with Crippen molar-refractivity contribution >= 4 is 0 Å². The molecule has 0 aliphatic heterocycles. The molecule has 1 unspecified atom stereocenters. The average molecular weight is 230 g/mol. The van der Waals surface area contributed by atoms with Crippen LogP contribution in [0.3, 0.4) is 0 Å². The van der Waals surface area contributed by atoms with Crippen molar-refractivity contribution in [3.63, 3.8) is 0 Å². The molecule has 0 aliphatic rings. The summed E-state index contributed by atoms with van der Waals surface area (Å²) in [5.74, 6) is 0. The Morgan fingerprint density at radius 3 is 2.31 bits per heavy atom. The predicted octanol–water partition coefficient (Wildman–Crippen LogP) is 0.422. The maximum Gasteiger partial charge on any atom is 0.0192 e. The van der Waals surface area contributed by atoms with Gasteiger partial charge in [0.2, 0.25) is 0 Å². The summed E-state index contributed by atoms with van der Waals surface area (Å²) < 4.78 is 0. The van der Waals surface area contributed by atoms with Gasteiger partial charge in [0.1, 0.15) is 0 Å². The largest absolute Gasteiger partial charge is 0.330 e. The minimum Gasteiger partial charge on any atom is -0.330 e. The molecule has 0 saturated heterocycles. The molecule has 0 bridgehead atoms. The van der Waals surface area contributed by atoms with Crippen LogP contribution in [-0.4, -0.2) is 38.8 Å². The fraction of sp³-hybridized carbons (Fsp3) is 1.00. The molecular weight excluding hydrogens is 200 g/mol. The van der Waals surface area contributed by atoms with E-state index in [-0.39, 0.29) is 0 Å². The number of hydrogen-bond acceptors (Lipinski definition) is 4. The van der Waals surface area contributed by atoms with E-state index in [1.165, 1.54) is 19.3 Å². The third kappa shape index (κ3) is 10.4. The van der Waals surface area contributed by atoms with Crippen LogP contribution in [0.25, 0.3) is 0 Å². The predicted molar refractivity (Wildman–Crippen MR) is 71.5 cm³/mol. The van der Waals surface area contributed by atoms with Gasteiger partial charge in [0.05, 0.1) is 0 Å². The smallest absolute Gasteiger partial charge is 0.0192 e. The summed E-state index contributed by atoms with van der Waals surface area (Å²) in [5, 5.41) is 7.01. The molecule has 0 amide bonds. The molecule has 0 rings (SSSR count). The number of nitrogens with one attached hydrogen (secondary N) is 2. The molecule has 0 spiro atoms. The lowest BCUT2D eigenvalue weighted by Gasteiger charge is -2.19. The zero-order valence-electron chi connectivity index (χ0n) is 10.8. The highest BCUT2D eigenvalue weighted by Gasteiger charge is 2.05. The monoisotopic (exact) mass is 230 g/mol. The van der Waals surface area contributed by atoms with Crippen LogP contribution >= 0.6 is 0 Å². The minimum atomic E-state index is 0.587. The van der Waals surface area contributed by atoms with Crippen LogP contribution < -0.4 is 22.1 Å². The molecule has 0 radical (unpaired) electrons. The second kappa shape index (κ2) is 12.9. The lowest BCUT2D eigenvalue weighted by Crippen LogP contribution is -2.40. The summed E-state index contributed by atoms with van der Waals surface area (Å²) in [6.45, 7) is 6.88. The fourth-order valence-corrected chi connectivity index (χ4v) is 1.64. The molecule has 4 heteroatoms. The highest BCUT2D eigenvalue weighted by atomic mass is 15.0. The Hall–Kier alpha value is -0.160. The summed E-state index contributed by atoms with van der Waals surface area (Å²) in [6, 6.07) is 0.587. The van der Waals surface area contributed by atoms with E-state index >= 15 is 0 Å². The van der Waals surface area contributed by atoms with Crippen LogP contribution in [-0.2, 0) is 0 Å². The van der Waals surface area contributed by atoms with Crippen LogP contribution in [0.15, 0.2) is 0 Å². The standard InChI is InChI=1S/C12H30N4/c1-2-3-6-12(16-10-5-8-14)11-15-9-4-7-13/h12,15-16H,2-11,13-14H2,1H3. The highest BCUT2D eigenvalue weighted by molar-refractivity contribution is 4.69. The first-order valence-corrected chi connectivity index (χ1v) is 6.69. The molecule has 0 aliphatic carbocycles. The van der Waals surface area contributed by atoms with Crippen LogP contribution in [0.5, 0.6) is 0 Å². The quantitative estimate of drug-likeness (QED) is 0.367. The molecule has 98 valence electrons. The first-order valence-electron chi connectivity index (χ1n) is 6.69. The van der Waals surface area contributed by atoms with E-state index in [0.717, 1.165) is 45.6 Å². The lowest BCUT2D eigenvalue weighted by atomic mass is 10.1. The van der Waals surface area contributed by atoms with Gasteiger partial charge in [0.25, 0.3) is 0 Å². The molecular formula is C12H30N4. The van der Waals surface area contributed by atoms with E-state index in [4.69, 9.17) is 11.5 Å². The first kappa shape index (κ1) is 15.8. The van der Waals surface area contributed by atoms with Crippen molar-refractivity contribution in [1.82, 2.24) is 10.6 Å². The van der Waals surface area contributed by atoms with Gasteiger partial charge >= 0.3 is 0 Å². The normalized spacial score (nSPS) is 12.9. The molecule has 0 aromatic carbocycles. The summed E-state index contributed by atoms with van der Waals surface area (Å²) in [7, 11) is 0. The van der Waals surface area contributed by atoms with E-state index in [0.29, 0.717) is 6.04 Å². The van der Waals surface area contributed by atoms with Crippen LogP contribution in [0.4, 0.5) is 0 Å². The molecule has 1 atom stereocenters. The number of unbranched alkanes of at least 4 members (excludes halogenated alkanes) is 1. The summed E-state index contributed by atoms with van der Waals surface area (Å²) >= 11 is 0. The Morgan fingerprint density at radius 2 is 1.69 bits per heavy atom. The highest BCUT2D eigenvalue weighted by Crippen LogP contribution is 1.99. The fourth-order valence-electron chi connectivity index (χ4n) is 1.64. The van der Waals surface area contributed by atoms with Crippen LogP contribution in [0.2, 0.25) is 0 Å². The molecule has 4 nitrogen and oxygen atoms in total. The van der Waals surface area contributed by atoms with Gasteiger partial charge in [-0.2, -0.15) is 0 Å². The van der Waals surface area contributed by atoms with Crippen LogP contribution in [0, 0.1) is 0 Å². The molecule has 6 N–H and O–H groups in total. The van der Waals surface area contributed by atoms with Gasteiger partial charge in [-0.3, -0.25) is 0 Å². The van der Waals surface area contributed by atoms with Crippen molar-refractivity contribution in [3.05, 3.63) is 0 Å². The Bertz CT molecular complexity index is 130. The van der Waals surface area contributed by atoms with Crippen molar-refractivity contribution in [2.24, 2.45) is 11.5 Å². The molecule has 0 heterocycles. The Balaban J connectivity index is 3.54. The number of nitrogens with two attached hydrogens (primary N) is 2. The summed E-state index contributed by atoms with van der Waals surface area (Å²) in [5.41, 5.74) is 10.9. The first-order chi connectivity index (χ1) is 7.85. The zero-order chi connectivity index (χ0) is 12.1. The third-order valence-corrected chi connectivity index (χ3v) is 2.67. The van der Waals surface area contributed by atoms with E-state index in [9.17, 15) is 0 Å². The van der Waals surface area contributed by atoms with E-state index in [1.807, 2.05) is 0 Å². The summed E-state index contributed by atoms with van der Waals surface area (Å²) in [6.07, 6.45) is 5.92. The van der Waals surface area contributed by atoms with Gasteiger partial charge in [-0.15, -0.1) is 0 Å². The number of hydrogen-bond donors (Lipinski definition) is 4. The van der Waals surface area contributed by atoms with Crippen molar-refractivity contribution in [3.8, 4) is 0 Å². The molecule has 16 heavy (non-hydrogen) atoms. The average Bonchev–Trinajstić information content (AvgIpc) is 2.31. The van der Waals surface area contributed by atoms with E-state index in [2.05, 4.69) is 17.6 Å². The molecule has 0 saturated carbocycles. The van der Waals surface area contributed by atoms with Crippen LogP contribution in [0.1, 0.15) is 39.0 Å². The van der Waals surface area contributed by atoms with Crippen molar-refractivity contribution in [2.45, 2.75) is 45.1 Å². The van der Waals surface area contributed by atoms with Gasteiger partial charge in [0, 0.05) is 12.6 Å². The second-order valence-electron chi connectivity index (χ2n) is 4.28. The van der Waals surface area contributed by atoms with E-state index in [1.54, 1.807) is 0 Å². The Labute approximate surface area is 101 Å².